The van der Waals surface area contributed by atoms with Gasteiger partial charge in [0.25, 0.3) is 0 Å². The highest BCUT2D eigenvalue weighted by Gasteiger charge is 2.15. The molecule has 0 spiro atoms. The summed E-state index contributed by atoms with van der Waals surface area (Å²) in [6.07, 6.45) is 3.31. The molecule has 4 rings (SSSR count). The molecule has 2 heterocycles. The van der Waals surface area contributed by atoms with E-state index in [1.165, 1.54) is 24.3 Å². The van der Waals surface area contributed by atoms with Gasteiger partial charge in [-0.2, -0.15) is 0 Å². The molecule has 0 aliphatic rings. The van der Waals surface area contributed by atoms with E-state index in [0.717, 1.165) is 5.56 Å². The Kier molecular flexibility index (Phi) is 4.23. The van der Waals surface area contributed by atoms with Crippen LogP contribution in [0, 0.1) is 11.6 Å². The van der Waals surface area contributed by atoms with Gasteiger partial charge in [-0.05, 0) is 48.0 Å². The molecule has 0 saturated heterocycles. The molecule has 2 aromatic heterocycles. The molecule has 0 fully saturated rings. The van der Waals surface area contributed by atoms with Gasteiger partial charge in [0.1, 0.15) is 17.2 Å². The molecular weight excluding hydrogens is 334 g/mol. The van der Waals surface area contributed by atoms with E-state index in [1.807, 2.05) is 6.07 Å². The highest BCUT2D eigenvalue weighted by atomic mass is 19.1. The molecule has 0 bridgehead atoms. The Balaban J connectivity index is 1.79. The number of hydrogen-bond acceptors (Lipinski definition) is 4. The molecule has 0 saturated carbocycles. The largest absolute Gasteiger partial charge is 0.306 e. The van der Waals surface area contributed by atoms with E-state index in [2.05, 4.69) is 15.0 Å². The lowest BCUT2D eigenvalue weighted by atomic mass is 10.2. The molecule has 128 valence electrons. The van der Waals surface area contributed by atoms with Crippen LogP contribution in [0.3, 0.4) is 0 Å². The van der Waals surface area contributed by atoms with Crippen molar-refractivity contribution < 1.29 is 8.78 Å². The first kappa shape index (κ1) is 16.1. The van der Waals surface area contributed by atoms with Crippen LogP contribution in [0.25, 0.3) is 11.0 Å². The van der Waals surface area contributed by atoms with E-state index in [0.29, 0.717) is 29.2 Å². The molecular formula is C20H14F2N4. The van der Waals surface area contributed by atoms with Crippen LogP contribution in [-0.4, -0.2) is 15.0 Å². The maximum Gasteiger partial charge on any atom is 0.230 e. The second kappa shape index (κ2) is 6.84. The van der Waals surface area contributed by atoms with Crippen molar-refractivity contribution in [3.8, 4) is 0 Å². The lowest BCUT2D eigenvalue weighted by molar-refractivity contribution is 0.626. The number of rotatable bonds is 4. The van der Waals surface area contributed by atoms with Gasteiger partial charge in [-0.25, -0.2) is 18.7 Å². The standard InChI is InChI=1S/C20H14F2N4/c21-15-8-6-14(7-9-15)13-26(17-4-1-3-16(22)11-17)20-24-12-19-18(25-20)5-2-10-23-19/h1-12H,13H2. The molecule has 0 amide bonds. The van der Waals surface area contributed by atoms with Crippen LogP contribution >= 0.6 is 0 Å². The summed E-state index contributed by atoms with van der Waals surface area (Å²) in [5.41, 5.74) is 2.83. The summed E-state index contributed by atoms with van der Waals surface area (Å²) < 4.78 is 27.0. The van der Waals surface area contributed by atoms with Crippen molar-refractivity contribution in [3.63, 3.8) is 0 Å². The molecule has 4 aromatic rings. The monoisotopic (exact) mass is 348 g/mol. The Morgan fingerprint density at radius 2 is 1.65 bits per heavy atom. The third kappa shape index (κ3) is 3.35. The van der Waals surface area contributed by atoms with Gasteiger partial charge in [0, 0.05) is 11.9 Å². The number of aromatic nitrogens is 3. The maximum atomic E-state index is 13.8. The van der Waals surface area contributed by atoms with Crippen LogP contribution in [-0.2, 0) is 6.54 Å². The third-order valence-corrected chi connectivity index (χ3v) is 3.95. The fourth-order valence-electron chi connectivity index (χ4n) is 2.68. The third-order valence-electron chi connectivity index (χ3n) is 3.95. The van der Waals surface area contributed by atoms with Crippen LogP contribution in [0.4, 0.5) is 20.4 Å². The van der Waals surface area contributed by atoms with Crippen molar-refractivity contribution in [2.45, 2.75) is 6.54 Å². The summed E-state index contributed by atoms with van der Waals surface area (Å²) in [5, 5.41) is 0. The zero-order valence-electron chi connectivity index (χ0n) is 13.7. The average Bonchev–Trinajstić information content (AvgIpc) is 2.67. The molecule has 0 aliphatic carbocycles. The minimum atomic E-state index is -0.353. The van der Waals surface area contributed by atoms with Crippen molar-refractivity contribution in [1.82, 2.24) is 15.0 Å². The lowest BCUT2D eigenvalue weighted by Crippen LogP contribution is -2.19. The Hall–Kier alpha value is -3.41. The lowest BCUT2D eigenvalue weighted by Gasteiger charge is -2.23. The van der Waals surface area contributed by atoms with Gasteiger partial charge in [-0.3, -0.25) is 4.98 Å². The number of pyridine rings is 1. The highest BCUT2D eigenvalue weighted by Crippen LogP contribution is 2.26. The van der Waals surface area contributed by atoms with E-state index in [9.17, 15) is 8.78 Å². The molecule has 0 unspecified atom stereocenters. The van der Waals surface area contributed by atoms with E-state index < -0.39 is 0 Å². The molecule has 2 aromatic carbocycles. The summed E-state index contributed by atoms with van der Waals surface area (Å²) >= 11 is 0. The number of nitrogens with zero attached hydrogens (tertiary/aromatic N) is 4. The van der Waals surface area contributed by atoms with Crippen LogP contribution in [0.5, 0.6) is 0 Å². The predicted octanol–water partition coefficient (Wildman–Crippen LogP) is 4.64. The zero-order chi connectivity index (χ0) is 17.9. The van der Waals surface area contributed by atoms with Gasteiger partial charge in [-0.15, -0.1) is 0 Å². The maximum absolute atomic E-state index is 13.8. The molecule has 0 radical (unpaired) electrons. The average molecular weight is 348 g/mol. The van der Waals surface area contributed by atoms with Crippen LogP contribution in [0.1, 0.15) is 5.56 Å². The van der Waals surface area contributed by atoms with E-state index in [4.69, 9.17) is 0 Å². The Morgan fingerprint density at radius 1 is 0.808 bits per heavy atom. The van der Waals surface area contributed by atoms with E-state index in [-0.39, 0.29) is 11.6 Å². The van der Waals surface area contributed by atoms with Gasteiger partial charge in [0.05, 0.1) is 18.3 Å². The van der Waals surface area contributed by atoms with E-state index in [1.54, 1.807) is 47.6 Å². The van der Waals surface area contributed by atoms with Crippen molar-refractivity contribution in [2.24, 2.45) is 0 Å². The number of fused-ring (bicyclic) bond motifs is 1. The number of benzene rings is 2. The summed E-state index contributed by atoms with van der Waals surface area (Å²) in [6, 6.07) is 16.0. The Morgan fingerprint density at radius 3 is 2.46 bits per heavy atom. The molecule has 0 atom stereocenters. The normalized spacial score (nSPS) is 10.8. The smallest absolute Gasteiger partial charge is 0.230 e. The highest BCUT2D eigenvalue weighted by molar-refractivity contribution is 5.75. The van der Waals surface area contributed by atoms with Crippen molar-refractivity contribution in [3.05, 3.63) is 90.3 Å². The van der Waals surface area contributed by atoms with Crippen molar-refractivity contribution in [2.75, 3.05) is 4.90 Å². The first-order valence-corrected chi connectivity index (χ1v) is 8.04. The van der Waals surface area contributed by atoms with Gasteiger partial charge in [-0.1, -0.05) is 18.2 Å². The van der Waals surface area contributed by atoms with Crippen molar-refractivity contribution in [1.29, 1.82) is 0 Å². The van der Waals surface area contributed by atoms with Crippen LogP contribution in [0.2, 0.25) is 0 Å². The summed E-state index contributed by atoms with van der Waals surface area (Å²) in [4.78, 5) is 14.9. The second-order valence-electron chi connectivity index (χ2n) is 5.77. The van der Waals surface area contributed by atoms with Gasteiger partial charge in [0.15, 0.2) is 0 Å². The second-order valence-corrected chi connectivity index (χ2v) is 5.77. The fourth-order valence-corrected chi connectivity index (χ4v) is 2.68. The quantitative estimate of drug-likeness (QED) is 0.539. The minimum absolute atomic E-state index is 0.306. The van der Waals surface area contributed by atoms with Gasteiger partial charge < -0.3 is 4.90 Å². The minimum Gasteiger partial charge on any atom is -0.306 e. The van der Waals surface area contributed by atoms with Gasteiger partial charge in [0.2, 0.25) is 5.95 Å². The SMILES string of the molecule is Fc1ccc(CN(c2cccc(F)c2)c2ncc3ncccc3n2)cc1. The summed E-state index contributed by atoms with van der Waals surface area (Å²) in [7, 11) is 0. The summed E-state index contributed by atoms with van der Waals surface area (Å²) in [5.74, 6) is -0.242. The summed E-state index contributed by atoms with van der Waals surface area (Å²) in [6.45, 7) is 0.371. The first-order valence-electron chi connectivity index (χ1n) is 8.04. The van der Waals surface area contributed by atoms with Crippen molar-refractivity contribution >= 4 is 22.7 Å². The fraction of sp³-hybridized carbons (Fsp3) is 0.0500. The molecule has 4 nitrogen and oxygen atoms in total. The number of anilines is 2. The molecule has 26 heavy (non-hydrogen) atoms. The molecule has 0 N–H and O–H groups in total. The van der Waals surface area contributed by atoms with Crippen LogP contribution < -0.4 is 4.90 Å². The molecule has 0 aliphatic heterocycles. The Labute approximate surface area is 148 Å². The number of hydrogen-bond donors (Lipinski definition) is 0. The predicted molar refractivity (Wildman–Crippen MR) is 96.0 cm³/mol. The topological polar surface area (TPSA) is 41.9 Å². The van der Waals surface area contributed by atoms with Crippen LogP contribution in [0.15, 0.2) is 73.1 Å². The molecule has 6 heteroatoms. The van der Waals surface area contributed by atoms with E-state index >= 15 is 0 Å². The zero-order valence-corrected chi connectivity index (χ0v) is 13.7. The van der Waals surface area contributed by atoms with Gasteiger partial charge >= 0.3 is 0 Å². The number of halogens is 2. The Bertz CT molecular complexity index is 1050. The first-order chi connectivity index (χ1) is 12.7.